The van der Waals surface area contributed by atoms with Crippen molar-refractivity contribution in [1.29, 1.82) is 0 Å². The Balaban J connectivity index is 2.21. The molecule has 1 aliphatic rings. The van der Waals surface area contributed by atoms with Crippen LogP contribution in [0.4, 0.5) is 0 Å². The van der Waals surface area contributed by atoms with Crippen molar-refractivity contribution in [2.24, 2.45) is 5.92 Å². The summed E-state index contributed by atoms with van der Waals surface area (Å²) in [6.45, 7) is 8.85. The molecule has 24 heavy (non-hydrogen) atoms. The van der Waals surface area contributed by atoms with Gasteiger partial charge in [0.25, 0.3) is 0 Å². The summed E-state index contributed by atoms with van der Waals surface area (Å²) >= 11 is 0. The Hall–Kier alpha value is -0.653. The van der Waals surface area contributed by atoms with Gasteiger partial charge in [-0.05, 0) is 50.0 Å². The maximum atomic E-state index is 12.8. The van der Waals surface area contributed by atoms with E-state index in [9.17, 15) is 8.42 Å². The molecule has 2 atom stereocenters. The molecule has 1 saturated carbocycles. The molecule has 1 aromatic carbocycles. The molecule has 3 nitrogen and oxygen atoms in total. The van der Waals surface area contributed by atoms with Crippen molar-refractivity contribution in [1.82, 2.24) is 0 Å². The average molecular weight is 369 g/mol. The van der Waals surface area contributed by atoms with E-state index in [1.165, 1.54) is 0 Å². The van der Waals surface area contributed by atoms with Crippen LogP contribution >= 0.6 is 0 Å². The van der Waals surface area contributed by atoms with Gasteiger partial charge in [-0.15, -0.1) is 0 Å². The maximum Gasteiger partial charge on any atom is 0.192 e. The van der Waals surface area contributed by atoms with Gasteiger partial charge in [0.05, 0.1) is 16.2 Å². The summed E-state index contributed by atoms with van der Waals surface area (Å²) in [4.78, 5) is 0.434. The lowest BCUT2D eigenvalue weighted by molar-refractivity contribution is 0.0446. The Morgan fingerprint density at radius 3 is 2.25 bits per heavy atom. The third-order valence-electron chi connectivity index (χ3n) is 5.99. The summed E-state index contributed by atoms with van der Waals surface area (Å²) in [7, 11) is -5.00. The highest BCUT2D eigenvalue weighted by Gasteiger charge is 2.46. The molecular formula is C19H32O3SSi. The number of hydrogen-bond donors (Lipinski definition) is 0. The van der Waals surface area contributed by atoms with Crippen molar-refractivity contribution >= 4 is 18.2 Å². The van der Waals surface area contributed by atoms with Gasteiger partial charge in [-0.2, -0.15) is 0 Å². The second-order valence-corrected chi connectivity index (χ2v) is 14.1. The zero-order valence-electron chi connectivity index (χ0n) is 15.5. The molecule has 0 aliphatic heterocycles. The number of rotatable bonds is 8. The van der Waals surface area contributed by atoms with Crippen LogP contribution < -0.4 is 0 Å². The lowest BCUT2D eigenvalue weighted by Crippen LogP contribution is -2.48. The van der Waals surface area contributed by atoms with E-state index in [1.54, 1.807) is 24.3 Å². The molecule has 1 aromatic rings. The molecule has 0 amide bonds. The van der Waals surface area contributed by atoms with Crippen molar-refractivity contribution in [3.05, 3.63) is 30.3 Å². The summed E-state index contributed by atoms with van der Waals surface area (Å²) in [5.74, 6) is 0.300. The van der Waals surface area contributed by atoms with Gasteiger partial charge in [0, 0.05) is 5.92 Å². The van der Waals surface area contributed by atoms with Gasteiger partial charge in [-0.25, -0.2) is 8.42 Å². The molecule has 5 heteroatoms. The molecular weight excluding hydrogens is 336 g/mol. The zero-order valence-corrected chi connectivity index (χ0v) is 17.4. The number of benzene rings is 1. The molecule has 2 rings (SSSR count). The first-order chi connectivity index (χ1) is 11.3. The third kappa shape index (κ3) is 4.11. The standard InChI is InChI=1S/C19H32O3SSi/c1-5-24(6-2,7-3)22-19(4)15-11-12-17(19)16-23(20,21)18-13-9-8-10-14-18/h8-10,13-14,17H,5-7,11-12,15-16H2,1-4H3. The highest BCUT2D eigenvalue weighted by Crippen LogP contribution is 2.43. The maximum absolute atomic E-state index is 12.8. The van der Waals surface area contributed by atoms with Gasteiger partial charge in [0.1, 0.15) is 0 Å². The lowest BCUT2D eigenvalue weighted by atomic mass is 9.95. The summed E-state index contributed by atoms with van der Waals surface area (Å²) in [6.07, 6.45) is 2.99. The van der Waals surface area contributed by atoms with Crippen molar-refractivity contribution in [2.75, 3.05) is 5.75 Å². The molecule has 0 bridgehead atoms. The molecule has 0 N–H and O–H groups in total. The fourth-order valence-corrected chi connectivity index (χ4v) is 9.06. The van der Waals surface area contributed by atoms with Crippen LogP contribution in [0.25, 0.3) is 0 Å². The second kappa shape index (κ2) is 7.71. The predicted molar refractivity (Wildman–Crippen MR) is 103 cm³/mol. The van der Waals surface area contributed by atoms with Crippen molar-refractivity contribution in [3.8, 4) is 0 Å². The quantitative estimate of drug-likeness (QED) is 0.604. The molecule has 136 valence electrons. The topological polar surface area (TPSA) is 43.4 Å². The van der Waals surface area contributed by atoms with Crippen LogP contribution in [-0.2, 0) is 14.3 Å². The molecule has 0 saturated heterocycles. The highest BCUT2D eigenvalue weighted by atomic mass is 32.2. The molecule has 1 fully saturated rings. The van der Waals surface area contributed by atoms with Crippen LogP contribution in [-0.4, -0.2) is 28.1 Å². The molecule has 0 radical (unpaired) electrons. The lowest BCUT2D eigenvalue weighted by Gasteiger charge is -2.41. The fraction of sp³-hybridized carbons (Fsp3) is 0.684. The summed E-state index contributed by atoms with van der Waals surface area (Å²) in [5.41, 5.74) is -0.282. The molecule has 0 spiro atoms. The Morgan fingerprint density at radius 2 is 1.71 bits per heavy atom. The first-order valence-corrected chi connectivity index (χ1v) is 13.5. The van der Waals surface area contributed by atoms with Crippen LogP contribution in [0.1, 0.15) is 47.0 Å². The van der Waals surface area contributed by atoms with Crippen molar-refractivity contribution in [2.45, 2.75) is 75.6 Å². The van der Waals surface area contributed by atoms with Crippen molar-refractivity contribution < 1.29 is 12.8 Å². The van der Waals surface area contributed by atoms with E-state index < -0.39 is 18.2 Å². The van der Waals surface area contributed by atoms with Gasteiger partial charge in [-0.3, -0.25) is 0 Å². The average Bonchev–Trinajstić information content (AvgIpc) is 2.93. The minimum absolute atomic E-state index is 0.0965. The van der Waals surface area contributed by atoms with Gasteiger partial charge in [-0.1, -0.05) is 45.4 Å². The molecule has 0 aromatic heterocycles. The Labute approximate surface area is 148 Å². The minimum Gasteiger partial charge on any atom is -0.411 e. The summed E-state index contributed by atoms with van der Waals surface area (Å²) < 4.78 is 32.4. The second-order valence-electron chi connectivity index (χ2n) is 7.34. The normalized spacial score (nSPS) is 25.1. The van der Waals surface area contributed by atoms with Gasteiger partial charge in [0.15, 0.2) is 18.2 Å². The van der Waals surface area contributed by atoms with Crippen LogP contribution in [0.3, 0.4) is 0 Å². The fourth-order valence-electron chi connectivity index (χ4n) is 4.05. The van der Waals surface area contributed by atoms with Crippen LogP contribution in [0.2, 0.25) is 18.1 Å². The van der Waals surface area contributed by atoms with Gasteiger partial charge in [0.2, 0.25) is 0 Å². The van der Waals surface area contributed by atoms with E-state index >= 15 is 0 Å². The smallest absolute Gasteiger partial charge is 0.192 e. The Bertz CT molecular complexity index is 617. The monoisotopic (exact) mass is 368 g/mol. The number of sulfone groups is 1. The van der Waals surface area contributed by atoms with Crippen molar-refractivity contribution in [3.63, 3.8) is 0 Å². The first-order valence-electron chi connectivity index (χ1n) is 9.29. The van der Waals surface area contributed by atoms with E-state index in [2.05, 4.69) is 27.7 Å². The Morgan fingerprint density at radius 1 is 1.12 bits per heavy atom. The zero-order chi connectivity index (χ0) is 17.8. The molecule has 1 aliphatic carbocycles. The van der Waals surface area contributed by atoms with Gasteiger partial charge >= 0.3 is 0 Å². The third-order valence-corrected chi connectivity index (χ3v) is 12.6. The van der Waals surface area contributed by atoms with Crippen LogP contribution in [0.5, 0.6) is 0 Å². The SMILES string of the molecule is CC[Si](CC)(CC)OC1(C)CCCC1CS(=O)(=O)c1ccccc1. The van der Waals surface area contributed by atoms with E-state index in [0.717, 1.165) is 37.4 Å². The first kappa shape index (κ1) is 19.7. The number of hydrogen-bond acceptors (Lipinski definition) is 3. The largest absolute Gasteiger partial charge is 0.411 e. The van der Waals surface area contributed by atoms with Gasteiger partial charge < -0.3 is 4.43 Å². The van der Waals surface area contributed by atoms with Crippen LogP contribution in [0.15, 0.2) is 35.2 Å². The van der Waals surface area contributed by atoms with E-state index in [0.29, 0.717) is 4.90 Å². The van der Waals surface area contributed by atoms with Crippen LogP contribution in [0, 0.1) is 5.92 Å². The van der Waals surface area contributed by atoms with E-state index in [1.807, 2.05) is 6.07 Å². The molecule has 0 heterocycles. The highest BCUT2D eigenvalue weighted by molar-refractivity contribution is 7.91. The van der Waals surface area contributed by atoms with E-state index in [-0.39, 0.29) is 17.3 Å². The summed E-state index contributed by atoms with van der Waals surface area (Å²) in [6, 6.07) is 12.2. The minimum atomic E-state index is -3.26. The van der Waals surface area contributed by atoms with E-state index in [4.69, 9.17) is 4.43 Å². The summed E-state index contributed by atoms with van der Waals surface area (Å²) in [5, 5.41) is 0. The Kier molecular flexibility index (Phi) is 6.32. The molecule has 2 unspecified atom stereocenters. The predicted octanol–water partition coefficient (Wildman–Crippen LogP) is 5.04.